The van der Waals surface area contributed by atoms with E-state index in [1.54, 1.807) is 36.3 Å². The molecule has 1 fully saturated rings. The number of hydrogen-bond acceptors (Lipinski definition) is 4. The fraction of sp³-hybridized carbons (Fsp3) is 0.368. The minimum absolute atomic E-state index is 0.0394. The van der Waals surface area contributed by atoms with Crippen LogP contribution < -0.4 is 5.32 Å². The minimum Gasteiger partial charge on any atom is -0.466 e. The van der Waals surface area contributed by atoms with Crippen LogP contribution in [0.15, 0.2) is 33.3 Å². The summed E-state index contributed by atoms with van der Waals surface area (Å²) in [4.78, 5) is 29.9. The Morgan fingerprint density at radius 3 is 2.65 bits per heavy atom. The number of aromatic amines is 1. The Kier molecular flexibility index (Phi) is 4.06. The van der Waals surface area contributed by atoms with Gasteiger partial charge in [-0.25, -0.2) is 0 Å². The van der Waals surface area contributed by atoms with Crippen LogP contribution in [0.4, 0.5) is 0 Å². The molecule has 0 spiro atoms. The van der Waals surface area contributed by atoms with Crippen molar-refractivity contribution in [3.8, 4) is 0 Å². The van der Waals surface area contributed by atoms with Gasteiger partial charge in [0, 0.05) is 31.3 Å². The molecule has 0 unspecified atom stereocenters. The van der Waals surface area contributed by atoms with Crippen LogP contribution in [0.5, 0.6) is 0 Å². The number of aromatic nitrogens is 1. The molecule has 0 atom stereocenters. The molecule has 4 heterocycles. The summed E-state index contributed by atoms with van der Waals surface area (Å²) in [5.74, 6) is 1.20. The van der Waals surface area contributed by atoms with Gasteiger partial charge in [0.1, 0.15) is 17.2 Å². The van der Waals surface area contributed by atoms with Crippen molar-refractivity contribution in [2.24, 2.45) is 0 Å². The maximum Gasteiger partial charge on any atom is 0.270 e. The van der Waals surface area contributed by atoms with Crippen molar-refractivity contribution in [1.29, 1.82) is 0 Å². The number of H-pyrrole nitrogens is 1. The van der Waals surface area contributed by atoms with Crippen molar-refractivity contribution in [3.05, 3.63) is 47.2 Å². The lowest BCUT2D eigenvalue weighted by Crippen LogP contribution is -2.46. The molecule has 136 valence electrons. The number of carbonyl (C=O) groups excluding carboxylic acids is 2. The van der Waals surface area contributed by atoms with Gasteiger partial charge in [-0.05, 0) is 32.8 Å². The zero-order valence-electron chi connectivity index (χ0n) is 14.8. The molecule has 4 rings (SSSR count). The number of aryl methyl sites for hydroxylation is 2. The molecule has 1 saturated heterocycles. The van der Waals surface area contributed by atoms with Gasteiger partial charge in [0.2, 0.25) is 0 Å². The molecule has 7 nitrogen and oxygen atoms in total. The standard InChI is InChI=1S/C19H21N3O4/c1-11-9-14(12(2)26-11)18(23)20-13-3-6-22(7-4-13)19(24)16-10-17-15(21-16)5-8-25-17/h5,8-10,13,21H,3-4,6-7H2,1-2H3,(H,20,23). The molecular weight excluding hydrogens is 334 g/mol. The van der Waals surface area contributed by atoms with Gasteiger partial charge in [-0.15, -0.1) is 0 Å². The molecule has 0 radical (unpaired) electrons. The third kappa shape index (κ3) is 3.00. The third-order valence-electron chi connectivity index (χ3n) is 4.87. The lowest BCUT2D eigenvalue weighted by Gasteiger charge is -2.32. The number of furan rings is 2. The maximum atomic E-state index is 12.6. The Bertz CT molecular complexity index is 928. The van der Waals surface area contributed by atoms with Crippen LogP contribution >= 0.6 is 0 Å². The molecule has 0 saturated carbocycles. The molecule has 26 heavy (non-hydrogen) atoms. The van der Waals surface area contributed by atoms with Gasteiger partial charge in [-0.2, -0.15) is 0 Å². The van der Waals surface area contributed by atoms with E-state index in [9.17, 15) is 9.59 Å². The Balaban J connectivity index is 1.35. The second kappa shape index (κ2) is 6.40. The van der Waals surface area contributed by atoms with Crippen molar-refractivity contribution in [1.82, 2.24) is 15.2 Å². The molecule has 0 aromatic carbocycles. The lowest BCUT2D eigenvalue weighted by molar-refractivity contribution is 0.0693. The average Bonchev–Trinajstić information content (AvgIpc) is 3.29. The number of rotatable bonds is 3. The van der Waals surface area contributed by atoms with Crippen LogP contribution in [0.25, 0.3) is 11.1 Å². The first-order chi connectivity index (χ1) is 12.5. The summed E-state index contributed by atoms with van der Waals surface area (Å²) in [7, 11) is 0. The number of piperidine rings is 1. The minimum atomic E-state index is -0.117. The van der Waals surface area contributed by atoms with Crippen molar-refractivity contribution in [2.45, 2.75) is 32.7 Å². The Labute approximate surface area is 150 Å². The van der Waals surface area contributed by atoms with Crippen molar-refractivity contribution >= 4 is 22.9 Å². The number of nitrogens with zero attached hydrogens (tertiary/aromatic N) is 1. The molecule has 0 aliphatic carbocycles. The monoisotopic (exact) mass is 355 g/mol. The highest BCUT2D eigenvalue weighted by molar-refractivity contribution is 5.97. The highest BCUT2D eigenvalue weighted by Gasteiger charge is 2.26. The Morgan fingerprint density at radius 1 is 1.23 bits per heavy atom. The molecule has 3 aromatic heterocycles. The second-order valence-corrected chi connectivity index (χ2v) is 6.75. The van der Waals surface area contributed by atoms with Gasteiger partial charge < -0.3 is 24.0 Å². The first-order valence-electron chi connectivity index (χ1n) is 8.74. The summed E-state index contributed by atoms with van der Waals surface area (Å²) in [6.45, 7) is 4.82. The molecule has 1 aliphatic heterocycles. The summed E-state index contributed by atoms with van der Waals surface area (Å²) >= 11 is 0. The average molecular weight is 355 g/mol. The lowest BCUT2D eigenvalue weighted by atomic mass is 10.0. The highest BCUT2D eigenvalue weighted by Crippen LogP contribution is 2.20. The summed E-state index contributed by atoms with van der Waals surface area (Å²) in [6, 6.07) is 5.34. The van der Waals surface area contributed by atoms with E-state index in [0.29, 0.717) is 35.7 Å². The fourth-order valence-corrected chi connectivity index (χ4v) is 3.48. The van der Waals surface area contributed by atoms with Crippen molar-refractivity contribution in [2.75, 3.05) is 13.1 Å². The predicted octanol–water partition coefficient (Wildman–Crippen LogP) is 3.01. The molecule has 7 heteroatoms. The van der Waals surface area contributed by atoms with E-state index >= 15 is 0 Å². The number of fused-ring (bicyclic) bond motifs is 1. The van der Waals surface area contributed by atoms with Crippen molar-refractivity contribution < 1.29 is 18.4 Å². The Hall–Kier alpha value is -2.96. The van der Waals surface area contributed by atoms with E-state index in [1.807, 2.05) is 6.92 Å². The Morgan fingerprint density at radius 2 is 2.00 bits per heavy atom. The second-order valence-electron chi connectivity index (χ2n) is 6.75. The maximum absolute atomic E-state index is 12.6. The van der Waals surface area contributed by atoms with E-state index in [-0.39, 0.29) is 17.9 Å². The smallest absolute Gasteiger partial charge is 0.270 e. The number of likely N-dealkylation sites (tertiary alicyclic amines) is 1. The molecule has 0 bridgehead atoms. The molecular formula is C19H21N3O4. The summed E-state index contributed by atoms with van der Waals surface area (Å²) in [6.07, 6.45) is 3.04. The molecule has 3 aromatic rings. The zero-order chi connectivity index (χ0) is 18.3. The zero-order valence-corrected chi connectivity index (χ0v) is 14.8. The quantitative estimate of drug-likeness (QED) is 0.755. The van der Waals surface area contributed by atoms with E-state index < -0.39 is 0 Å². The molecule has 1 aliphatic rings. The van der Waals surface area contributed by atoms with Gasteiger partial charge in [0.25, 0.3) is 11.8 Å². The van der Waals surface area contributed by atoms with Crippen LogP contribution in [-0.2, 0) is 0 Å². The van der Waals surface area contributed by atoms with Crippen LogP contribution in [0.1, 0.15) is 45.2 Å². The summed E-state index contributed by atoms with van der Waals surface area (Å²) in [5.41, 5.74) is 2.61. The molecule has 2 N–H and O–H groups in total. The van der Waals surface area contributed by atoms with Gasteiger partial charge in [-0.3, -0.25) is 9.59 Å². The van der Waals surface area contributed by atoms with E-state index in [4.69, 9.17) is 8.83 Å². The van der Waals surface area contributed by atoms with Crippen LogP contribution in [0.2, 0.25) is 0 Å². The fourth-order valence-electron chi connectivity index (χ4n) is 3.48. The number of nitrogens with one attached hydrogen (secondary N) is 2. The van der Waals surface area contributed by atoms with Gasteiger partial charge in [-0.1, -0.05) is 0 Å². The first kappa shape index (κ1) is 16.5. The highest BCUT2D eigenvalue weighted by atomic mass is 16.3. The van der Waals surface area contributed by atoms with E-state index in [1.165, 1.54) is 0 Å². The van der Waals surface area contributed by atoms with Crippen LogP contribution in [0.3, 0.4) is 0 Å². The SMILES string of the molecule is Cc1cc(C(=O)NC2CCN(C(=O)c3cc4occc4[nH]3)CC2)c(C)o1. The third-order valence-corrected chi connectivity index (χ3v) is 4.87. The largest absolute Gasteiger partial charge is 0.466 e. The molecule has 2 amide bonds. The van der Waals surface area contributed by atoms with Crippen LogP contribution in [-0.4, -0.2) is 40.8 Å². The first-order valence-corrected chi connectivity index (χ1v) is 8.74. The van der Waals surface area contributed by atoms with Crippen molar-refractivity contribution in [3.63, 3.8) is 0 Å². The predicted molar refractivity (Wildman–Crippen MR) is 95.1 cm³/mol. The number of carbonyl (C=O) groups is 2. The van der Waals surface area contributed by atoms with E-state index in [0.717, 1.165) is 24.1 Å². The van der Waals surface area contributed by atoms with E-state index in [2.05, 4.69) is 10.3 Å². The topological polar surface area (TPSA) is 91.5 Å². The van der Waals surface area contributed by atoms with Crippen LogP contribution in [0, 0.1) is 13.8 Å². The van der Waals surface area contributed by atoms with Gasteiger partial charge in [0.05, 0.1) is 17.3 Å². The summed E-state index contributed by atoms with van der Waals surface area (Å²) < 4.78 is 10.7. The summed E-state index contributed by atoms with van der Waals surface area (Å²) in [5, 5.41) is 3.05. The number of amides is 2. The normalized spacial score (nSPS) is 15.5. The number of hydrogen-bond donors (Lipinski definition) is 2. The van der Waals surface area contributed by atoms with Gasteiger partial charge in [0.15, 0.2) is 5.58 Å². The van der Waals surface area contributed by atoms with Gasteiger partial charge >= 0.3 is 0 Å².